The zero-order valence-corrected chi connectivity index (χ0v) is 12.4. The molecular formula is C14H18BrN3. The predicted molar refractivity (Wildman–Crippen MR) is 80.0 cm³/mol. The molecule has 1 aromatic carbocycles. The molecule has 0 unspecified atom stereocenters. The van der Waals surface area contributed by atoms with E-state index < -0.39 is 0 Å². The van der Waals surface area contributed by atoms with Crippen molar-refractivity contribution >= 4 is 32.7 Å². The Morgan fingerprint density at radius 1 is 1.06 bits per heavy atom. The third-order valence-electron chi connectivity index (χ3n) is 2.89. The zero-order valence-electron chi connectivity index (χ0n) is 10.9. The van der Waals surface area contributed by atoms with E-state index in [0.717, 1.165) is 41.4 Å². The molecule has 0 fully saturated rings. The molecule has 18 heavy (non-hydrogen) atoms. The number of fused-ring (bicyclic) bond motifs is 1. The van der Waals surface area contributed by atoms with Crippen LogP contribution in [0.2, 0.25) is 0 Å². The molecule has 1 aromatic heterocycles. The smallest absolute Gasteiger partial charge is 0.105 e. The van der Waals surface area contributed by atoms with Crippen LogP contribution in [0.4, 0.5) is 5.69 Å². The number of halogens is 1. The average molecular weight is 308 g/mol. The Bertz CT molecular complexity index is 521. The first-order chi connectivity index (χ1) is 8.77. The Morgan fingerprint density at radius 2 is 1.72 bits per heavy atom. The normalized spacial score (nSPS) is 10.8. The summed E-state index contributed by atoms with van der Waals surface area (Å²) in [6.07, 6.45) is 5.75. The van der Waals surface area contributed by atoms with Gasteiger partial charge in [0.05, 0.1) is 15.7 Å². The van der Waals surface area contributed by atoms with Crippen LogP contribution in [0, 0.1) is 0 Å². The number of benzene rings is 1. The molecule has 1 heterocycles. The van der Waals surface area contributed by atoms with Crippen molar-refractivity contribution in [2.75, 3.05) is 18.0 Å². The Labute approximate surface area is 116 Å². The van der Waals surface area contributed by atoms with Gasteiger partial charge in [0.2, 0.25) is 0 Å². The van der Waals surface area contributed by atoms with Crippen molar-refractivity contribution in [1.82, 2.24) is 9.97 Å². The lowest BCUT2D eigenvalue weighted by atomic mass is 10.2. The van der Waals surface area contributed by atoms with Crippen LogP contribution in [0.3, 0.4) is 0 Å². The zero-order chi connectivity index (χ0) is 13.0. The van der Waals surface area contributed by atoms with Gasteiger partial charge in [0.25, 0.3) is 0 Å². The number of hydrogen-bond donors (Lipinski definition) is 0. The molecule has 0 bridgehead atoms. The minimum atomic E-state index is 0.932. The molecule has 0 saturated carbocycles. The highest BCUT2D eigenvalue weighted by Gasteiger charge is 2.12. The van der Waals surface area contributed by atoms with E-state index in [1.807, 2.05) is 6.07 Å². The molecule has 3 nitrogen and oxygen atoms in total. The first-order valence-corrected chi connectivity index (χ1v) is 7.21. The number of anilines is 1. The van der Waals surface area contributed by atoms with Crippen LogP contribution < -0.4 is 4.90 Å². The highest BCUT2D eigenvalue weighted by Crippen LogP contribution is 2.32. The second kappa shape index (κ2) is 6.14. The van der Waals surface area contributed by atoms with Crippen LogP contribution in [-0.4, -0.2) is 23.1 Å². The molecule has 0 saturated heterocycles. The first-order valence-electron chi connectivity index (χ1n) is 6.42. The fourth-order valence-electron chi connectivity index (χ4n) is 2.13. The van der Waals surface area contributed by atoms with Gasteiger partial charge in [0.15, 0.2) is 0 Å². The van der Waals surface area contributed by atoms with Crippen LogP contribution >= 0.6 is 15.9 Å². The van der Waals surface area contributed by atoms with Crippen molar-refractivity contribution < 1.29 is 0 Å². The number of nitrogens with zero attached hydrogens (tertiary/aromatic N) is 3. The summed E-state index contributed by atoms with van der Waals surface area (Å²) in [5.41, 5.74) is 3.08. The van der Waals surface area contributed by atoms with E-state index in [0.29, 0.717) is 0 Å². The van der Waals surface area contributed by atoms with E-state index in [9.17, 15) is 0 Å². The summed E-state index contributed by atoms with van der Waals surface area (Å²) < 4.78 is 1.05. The molecule has 0 aliphatic rings. The molecule has 0 aliphatic carbocycles. The highest BCUT2D eigenvalue weighted by atomic mass is 79.9. The van der Waals surface area contributed by atoms with Gasteiger partial charge in [-0.3, -0.25) is 9.97 Å². The summed E-state index contributed by atoms with van der Waals surface area (Å²) in [5.74, 6) is 0. The second-order valence-corrected chi connectivity index (χ2v) is 5.10. The molecule has 0 spiro atoms. The van der Waals surface area contributed by atoms with Gasteiger partial charge in [0, 0.05) is 25.5 Å². The van der Waals surface area contributed by atoms with E-state index >= 15 is 0 Å². The van der Waals surface area contributed by atoms with Gasteiger partial charge < -0.3 is 4.90 Å². The van der Waals surface area contributed by atoms with Crippen molar-refractivity contribution in [3.05, 3.63) is 29.0 Å². The number of hydrogen-bond acceptors (Lipinski definition) is 3. The van der Waals surface area contributed by atoms with Crippen molar-refractivity contribution in [2.24, 2.45) is 0 Å². The SMILES string of the molecule is CCCN(CCC)c1ccc2nccnc2c1Br. The maximum atomic E-state index is 4.41. The molecule has 0 N–H and O–H groups in total. The topological polar surface area (TPSA) is 29.0 Å². The van der Waals surface area contributed by atoms with Crippen LogP contribution in [0.15, 0.2) is 29.0 Å². The summed E-state index contributed by atoms with van der Waals surface area (Å²) in [5, 5.41) is 0. The Morgan fingerprint density at radius 3 is 2.39 bits per heavy atom. The molecule has 2 aromatic rings. The standard InChI is InChI=1S/C14H18BrN3/c1-3-9-18(10-4-2)12-6-5-11-14(13(12)15)17-8-7-16-11/h5-8H,3-4,9-10H2,1-2H3. The Hall–Kier alpha value is -1.16. The summed E-state index contributed by atoms with van der Waals surface area (Å²) in [4.78, 5) is 11.1. The monoisotopic (exact) mass is 307 g/mol. The van der Waals surface area contributed by atoms with Crippen LogP contribution in [0.5, 0.6) is 0 Å². The summed E-state index contributed by atoms with van der Waals surface area (Å²) in [7, 11) is 0. The lowest BCUT2D eigenvalue weighted by Crippen LogP contribution is -2.25. The van der Waals surface area contributed by atoms with Gasteiger partial charge in [0.1, 0.15) is 5.52 Å². The lowest BCUT2D eigenvalue weighted by molar-refractivity contribution is 0.744. The van der Waals surface area contributed by atoms with Gasteiger partial charge in [-0.15, -0.1) is 0 Å². The average Bonchev–Trinajstić information content (AvgIpc) is 2.39. The fraction of sp³-hybridized carbons (Fsp3) is 0.429. The quantitative estimate of drug-likeness (QED) is 0.835. The molecule has 0 amide bonds. The van der Waals surface area contributed by atoms with Crippen LogP contribution in [-0.2, 0) is 0 Å². The lowest BCUT2D eigenvalue weighted by Gasteiger charge is -2.25. The summed E-state index contributed by atoms with van der Waals surface area (Å²) >= 11 is 3.68. The summed E-state index contributed by atoms with van der Waals surface area (Å²) in [6.45, 7) is 6.55. The van der Waals surface area contributed by atoms with Gasteiger partial charge in [-0.1, -0.05) is 13.8 Å². The van der Waals surface area contributed by atoms with E-state index in [1.54, 1.807) is 12.4 Å². The molecule has 4 heteroatoms. The fourth-order valence-corrected chi connectivity index (χ4v) is 2.82. The second-order valence-electron chi connectivity index (χ2n) is 4.31. The summed E-state index contributed by atoms with van der Waals surface area (Å²) in [6, 6.07) is 4.17. The molecule has 0 radical (unpaired) electrons. The number of aromatic nitrogens is 2. The van der Waals surface area contributed by atoms with Gasteiger partial charge >= 0.3 is 0 Å². The molecule has 2 rings (SSSR count). The maximum Gasteiger partial charge on any atom is 0.105 e. The third-order valence-corrected chi connectivity index (χ3v) is 3.67. The van der Waals surface area contributed by atoms with Crippen LogP contribution in [0.1, 0.15) is 26.7 Å². The molecular weight excluding hydrogens is 290 g/mol. The van der Waals surface area contributed by atoms with E-state index in [-0.39, 0.29) is 0 Å². The van der Waals surface area contributed by atoms with Gasteiger partial charge in [-0.2, -0.15) is 0 Å². The highest BCUT2D eigenvalue weighted by molar-refractivity contribution is 9.10. The van der Waals surface area contributed by atoms with Gasteiger partial charge in [-0.25, -0.2) is 0 Å². The minimum absolute atomic E-state index is 0.932. The van der Waals surface area contributed by atoms with Crippen molar-refractivity contribution in [3.63, 3.8) is 0 Å². The van der Waals surface area contributed by atoms with E-state index in [4.69, 9.17) is 0 Å². The molecule has 96 valence electrons. The first kappa shape index (κ1) is 13.3. The molecule has 0 atom stereocenters. The number of rotatable bonds is 5. The Balaban J connectivity index is 2.46. The largest absolute Gasteiger partial charge is 0.371 e. The maximum absolute atomic E-state index is 4.41. The van der Waals surface area contributed by atoms with Crippen molar-refractivity contribution in [3.8, 4) is 0 Å². The van der Waals surface area contributed by atoms with E-state index in [2.05, 4.69) is 50.7 Å². The van der Waals surface area contributed by atoms with E-state index in [1.165, 1.54) is 5.69 Å². The third kappa shape index (κ3) is 2.64. The minimum Gasteiger partial charge on any atom is -0.371 e. The van der Waals surface area contributed by atoms with Crippen molar-refractivity contribution in [2.45, 2.75) is 26.7 Å². The van der Waals surface area contributed by atoms with Crippen molar-refractivity contribution in [1.29, 1.82) is 0 Å². The van der Waals surface area contributed by atoms with Gasteiger partial charge in [-0.05, 0) is 40.9 Å². The predicted octanol–water partition coefficient (Wildman–Crippen LogP) is 4.02. The Kier molecular flexibility index (Phi) is 4.53. The molecule has 0 aliphatic heterocycles. The van der Waals surface area contributed by atoms with Crippen LogP contribution in [0.25, 0.3) is 11.0 Å².